The maximum atomic E-state index is 13.7. The molecule has 4 nitrogen and oxygen atoms in total. The van der Waals surface area contributed by atoms with Gasteiger partial charge in [-0.3, -0.25) is 9.69 Å². The minimum atomic E-state index is -0.815. The number of rotatable bonds is 3. The van der Waals surface area contributed by atoms with Gasteiger partial charge in [-0.05, 0) is 26.0 Å². The van der Waals surface area contributed by atoms with Crippen LogP contribution < -0.4 is 5.73 Å². The minimum absolute atomic E-state index is 0.140. The largest absolute Gasteiger partial charge is 0.336 e. The van der Waals surface area contributed by atoms with Gasteiger partial charge in [0, 0.05) is 38.3 Å². The predicted molar refractivity (Wildman–Crippen MR) is 77.0 cm³/mol. The Kier molecular flexibility index (Phi) is 4.58. The van der Waals surface area contributed by atoms with Gasteiger partial charge in [-0.15, -0.1) is 0 Å². The first-order valence-corrected chi connectivity index (χ1v) is 7.05. The van der Waals surface area contributed by atoms with Crippen molar-refractivity contribution in [1.82, 2.24) is 9.80 Å². The van der Waals surface area contributed by atoms with Crippen molar-refractivity contribution in [1.29, 1.82) is 0 Å². The Balaban J connectivity index is 2.07. The first-order valence-electron chi connectivity index (χ1n) is 7.05. The summed E-state index contributed by atoms with van der Waals surface area (Å²) in [7, 11) is 0. The summed E-state index contributed by atoms with van der Waals surface area (Å²) in [5.74, 6) is -2.22. The monoisotopic (exact) mass is 297 g/mol. The Morgan fingerprint density at radius 3 is 2.19 bits per heavy atom. The lowest BCUT2D eigenvalue weighted by atomic mass is 10.0. The van der Waals surface area contributed by atoms with E-state index in [9.17, 15) is 13.6 Å². The molecule has 1 aromatic carbocycles. The molecule has 21 heavy (non-hydrogen) atoms. The predicted octanol–water partition coefficient (Wildman–Crippen LogP) is 1.46. The zero-order valence-corrected chi connectivity index (χ0v) is 12.4. The molecule has 0 spiro atoms. The molecule has 0 unspecified atom stereocenters. The molecule has 0 atom stereocenters. The van der Waals surface area contributed by atoms with E-state index in [0.717, 1.165) is 12.1 Å². The van der Waals surface area contributed by atoms with Gasteiger partial charge in [-0.2, -0.15) is 0 Å². The van der Waals surface area contributed by atoms with Crippen LogP contribution in [0.2, 0.25) is 0 Å². The molecule has 0 aliphatic carbocycles. The van der Waals surface area contributed by atoms with Gasteiger partial charge >= 0.3 is 0 Å². The number of nitrogens with two attached hydrogens (primary N) is 1. The van der Waals surface area contributed by atoms with E-state index in [2.05, 4.69) is 4.90 Å². The van der Waals surface area contributed by atoms with Gasteiger partial charge in [0.2, 0.25) is 0 Å². The van der Waals surface area contributed by atoms with E-state index in [-0.39, 0.29) is 5.54 Å². The first-order chi connectivity index (χ1) is 9.86. The molecule has 1 amide bonds. The molecule has 0 bridgehead atoms. The molecule has 116 valence electrons. The van der Waals surface area contributed by atoms with Gasteiger partial charge in [-0.1, -0.05) is 6.07 Å². The van der Waals surface area contributed by atoms with Gasteiger partial charge in [0.1, 0.15) is 17.2 Å². The third kappa shape index (κ3) is 3.22. The molecular formula is C15H21F2N3O. The SMILES string of the molecule is CC(C)(CN)N1CCN(C(=O)c2c(F)cccc2F)CC1. The van der Waals surface area contributed by atoms with E-state index in [1.165, 1.54) is 11.0 Å². The van der Waals surface area contributed by atoms with Crippen LogP contribution in [0.15, 0.2) is 18.2 Å². The second-order valence-corrected chi connectivity index (χ2v) is 5.89. The molecule has 1 aliphatic rings. The fourth-order valence-electron chi connectivity index (χ4n) is 2.50. The van der Waals surface area contributed by atoms with Crippen LogP contribution in [0, 0.1) is 11.6 Å². The summed E-state index contributed by atoms with van der Waals surface area (Å²) in [6, 6.07) is 3.46. The molecule has 1 saturated heterocycles. The first kappa shape index (κ1) is 15.9. The quantitative estimate of drug-likeness (QED) is 0.919. The van der Waals surface area contributed by atoms with E-state index in [1.807, 2.05) is 13.8 Å². The molecule has 6 heteroatoms. The van der Waals surface area contributed by atoms with E-state index >= 15 is 0 Å². The van der Waals surface area contributed by atoms with Gasteiger partial charge in [0.15, 0.2) is 0 Å². The van der Waals surface area contributed by atoms with Crippen molar-refractivity contribution in [2.45, 2.75) is 19.4 Å². The average molecular weight is 297 g/mol. The van der Waals surface area contributed by atoms with Crippen molar-refractivity contribution in [2.75, 3.05) is 32.7 Å². The van der Waals surface area contributed by atoms with Crippen LogP contribution >= 0.6 is 0 Å². The normalized spacial score (nSPS) is 17.1. The highest BCUT2D eigenvalue weighted by atomic mass is 19.1. The van der Waals surface area contributed by atoms with Crippen molar-refractivity contribution >= 4 is 5.91 Å². The summed E-state index contributed by atoms with van der Waals surface area (Å²) in [5.41, 5.74) is 5.13. The summed E-state index contributed by atoms with van der Waals surface area (Å²) in [5, 5.41) is 0. The van der Waals surface area contributed by atoms with E-state index in [4.69, 9.17) is 5.73 Å². The molecule has 1 heterocycles. The molecular weight excluding hydrogens is 276 g/mol. The zero-order valence-electron chi connectivity index (χ0n) is 12.4. The summed E-state index contributed by atoms with van der Waals surface area (Å²) in [6.45, 7) is 6.77. The maximum Gasteiger partial charge on any atom is 0.259 e. The lowest BCUT2D eigenvalue weighted by molar-refractivity contribution is 0.0419. The number of carbonyl (C=O) groups is 1. The van der Waals surface area contributed by atoms with Crippen molar-refractivity contribution in [3.05, 3.63) is 35.4 Å². The van der Waals surface area contributed by atoms with Gasteiger partial charge in [0.05, 0.1) is 0 Å². The Labute approximate surface area is 123 Å². The Hall–Kier alpha value is -1.53. The van der Waals surface area contributed by atoms with E-state index < -0.39 is 23.1 Å². The number of nitrogens with zero attached hydrogens (tertiary/aromatic N) is 2. The Bertz CT molecular complexity index is 505. The van der Waals surface area contributed by atoms with Crippen molar-refractivity contribution in [3.8, 4) is 0 Å². The van der Waals surface area contributed by atoms with Gasteiger partial charge in [-0.25, -0.2) is 8.78 Å². The number of hydrogen-bond donors (Lipinski definition) is 1. The van der Waals surface area contributed by atoms with Crippen molar-refractivity contribution in [3.63, 3.8) is 0 Å². The summed E-state index contributed by atoms with van der Waals surface area (Å²) >= 11 is 0. The molecule has 2 N–H and O–H groups in total. The molecule has 0 aromatic heterocycles. The van der Waals surface area contributed by atoms with Crippen molar-refractivity contribution < 1.29 is 13.6 Å². The Morgan fingerprint density at radius 1 is 1.19 bits per heavy atom. The number of hydrogen-bond acceptors (Lipinski definition) is 3. The number of halogens is 2. The van der Waals surface area contributed by atoms with Crippen molar-refractivity contribution in [2.24, 2.45) is 5.73 Å². The second-order valence-electron chi connectivity index (χ2n) is 5.89. The zero-order chi connectivity index (χ0) is 15.6. The maximum absolute atomic E-state index is 13.7. The fraction of sp³-hybridized carbons (Fsp3) is 0.533. The Morgan fingerprint density at radius 2 is 1.71 bits per heavy atom. The van der Waals surface area contributed by atoms with Crippen LogP contribution in [0.25, 0.3) is 0 Å². The van der Waals surface area contributed by atoms with Crippen LogP contribution in [0.4, 0.5) is 8.78 Å². The highest BCUT2D eigenvalue weighted by Gasteiger charge is 2.31. The molecule has 1 fully saturated rings. The molecule has 1 aliphatic heterocycles. The third-order valence-electron chi connectivity index (χ3n) is 4.10. The number of piperazine rings is 1. The second kappa shape index (κ2) is 6.07. The summed E-state index contributed by atoms with van der Waals surface area (Å²) in [6.07, 6.45) is 0. The topological polar surface area (TPSA) is 49.6 Å². The minimum Gasteiger partial charge on any atom is -0.336 e. The lowest BCUT2D eigenvalue weighted by Crippen LogP contribution is -2.58. The van der Waals surface area contributed by atoms with Crippen LogP contribution in [-0.2, 0) is 0 Å². The van der Waals surface area contributed by atoms with Crippen LogP contribution in [-0.4, -0.2) is 54.0 Å². The van der Waals surface area contributed by atoms with Crippen LogP contribution in [0.5, 0.6) is 0 Å². The standard InChI is InChI=1S/C15H21F2N3O/c1-15(2,10-18)20-8-6-19(7-9-20)14(21)13-11(16)4-3-5-12(13)17/h3-5H,6-10,18H2,1-2H3. The van der Waals surface area contributed by atoms with E-state index in [0.29, 0.717) is 32.7 Å². The van der Waals surface area contributed by atoms with Crippen LogP contribution in [0.1, 0.15) is 24.2 Å². The fourth-order valence-corrected chi connectivity index (χ4v) is 2.50. The summed E-state index contributed by atoms with van der Waals surface area (Å²) < 4.78 is 27.3. The van der Waals surface area contributed by atoms with E-state index in [1.54, 1.807) is 0 Å². The average Bonchev–Trinajstić information content (AvgIpc) is 2.47. The molecule has 2 rings (SSSR count). The third-order valence-corrected chi connectivity index (χ3v) is 4.10. The van der Waals surface area contributed by atoms with Crippen LogP contribution in [0.3, 0.4) is 0 Å². The molecule has 0 saturated carbocycles. The number of benzene rings is 1. The highest BCUT2D eigenvalue weighted by Crippen LogP contribution is 2.19. The number of carbonyl (C=O) groups excluding carboxylic acids is 1. The van der Waals surface area contributed by atoms with Gasteiger partial charge in [0.25, 0.3) is 5.91 Å². The van der Waals surface area contributed by atoms with Gasteiger partial charge < -0.3 is 10.6 Å². The molecule has 1 aromatic rings. The number of amides is 1. The summed E-state index contributed by atoms with van der Waals surface area (Å²) in [4.78, 5) is 15.9. The highest BCUT2D eigenvalue weighted by molar-refractivity contribution is 5.94. The lowest BCUT2D eigenvalue weighted by Gasteiger charge is -2.43. The smallest absolute Gasteiger partial charge is 0.259 e. The molecule has 0 radical (unpaired) electrons.